The number of aromatic amines is 1. The Morgan fingerprint density at radius 1 is 1.41 bits per heavy atom. The lowest BCUT2D eigenvalue weighted by Gasteiger charge is -2.22. The molecule has 1 aromatic rings. The highest BCUT2D eigenvalue weighted by Gasteiger charge is 2.34. The number of nitrogens with zero attached hydrogens (tertiary/aromatic N) is 1. The summed E-state index contributed by atoms with van der Waals surface area (Å²) in [7, 11) is 0.143. The van der Waals surface area contributed by atoms with Crippen molar-refractivity contribution in [2.75, 3.05) is 20.3 Å². The Bertz CT molecular complexity index is 781. The fourth-order valence-electron chi connectivity index (χ4n) is 2.88. The molecule has 0 aromatic carbocycles. The predicted octanol–water partition coefficient (Wildman–Crippen LogP) is 1.53. The number of hydrogen-bond donors (Lipinski definition) is 2. The number of H-pyrrole nitrogens is 1. The molecule has 1 aliphatic rings. The summed E-state index contributed by atoms with van der Waals surface area (Å²) in [5.74, 6) is -0.353. The first-order valence-electron chi connectivity index (χ1n) is 9.58. The van der Waals surface area contributed by atoms with E-state index in [0.29, 0.717) is 6.42 Å². The largest absolute Gasteiger partial charge is 0.464 e. The van der Waals surface area contributed by atoms with Crippen molar-refractivity contribution >= 4 is 14.5 Å². The van der Waals surface area contributed by atoms with Crippen LogP contribution in [0.15, 0.2) is 21.9 Å². The van der Waals surface area contributed by atoms with Crippen LogP contribution < -0.4 is 16.3 Å². The number of ether oxygens (including phenoxy) is 2. The Morgan fingerprint density at radius 2 is 2.14 bits per heavy atom. The van der Waals surface area contributed by atoms with Gasteiger partial charge in [-0.3, -0.25) is 19.1 Å². The van der Waals surface area contributed by atoms with E-state index >= 15 is 0 Å². The van der Waals surface area contributed by atoms with Crippen LogP contribution in [0.3, 0.4) is 0 Å². The molecule has 1 aliphatic heterocycles. The van der Waals surface area contributed by atoms with Crippen LogP contribution in [-0.4, -0.2) is 48.0 Å². The first kappa shape index (κ1) is 23.7. The van der Waals surface area contributed by atoms with Gasteiger partial charge in [0.15, 0.2) is 0 Å². The number of hydrogen-bond acceptors (Lipinski definition) is 8. The van der Waals surface area contributed by atoms with Crippen molar-refractivity contribution in [2.45, 2.75) is 52.5 Å². The maximum Gasteiger partial charge on any atom is 0.330 e. The number of aromatic nitrogens is 2. The summed E-state index contributed by atoms with van der Waals surface area (Å²) < 4.78 is 23.7. The van der Waals surface area contributed by atoms with E-state index in [2.05, 4.69) is 10.1 Å². The summed E-state index contributed by atoms with van der Waals surface area (Å²) in [6.07, 6.45) is 1.45. The van der Waals surface area contributed by atoms with Gasteiger partial charge in [-0.05, 0) is 13.3 Å². The van der Waals surface area contributed by atoms with Crippen LogP contribution >= 0.6 is 8.53 Å². The van der Waals surface area contributed by atoms with Crippen molar-refractivity contribution in [3.05, 3.63) is 33.1 Å². The Kier molecular flexibility index (Phi) is 8.98. The van der Waals surface area contributed by atoms with Gasteiger partial charge in [-0.2, -0.15) is 0 Å². The summed E-state index contributed by atoms with van der Waals surface area (Å²) in [6.45, 7) is 7.91. The van der Waals surface area contributed by atoms with Gasteiger partial charge >= 0.3 is 11.7 Å². The van der Waals surface area contributed by atoms with E-state index < -0.39 is 26.0 Å². The number of esters is 1. The van der Waals surface area contributed by atoms with E-state index in [-0.39, 0.29) is 43.2 Å². The molecule has 29 heavy (non-hydrogen) atoms. The predicted molar refractivity (Wildman–Crippen MR) is 107 cm³/mol. The lowest BCUT2D eigenvalue weighted by molar-refractivity contribution is -0.147. The summed E-state index contributed by atoms with van der Waals surface area (Å²) in [4.78, 5) is 37.0. The molecule has 5 atom stereocenters. The fraction of sp³-hybridized carbons (Fsp3) is 0.722. The first-order valence-corrected chi connectivity index (χ1v) is 10.8. The third-order valence-electron chi connectivity index (χ3n) is 4.39. The number of carbonyl (C=O) groups is 1. The second kappa shape index (κ2) is 11.0. The second-order valence-corrected chi connectivity index (χ2v) is 8.83. The summed E-state index contributed by atoms with van der Waals surface area (Å²) in [5, 5.41) is 3.15. The summed E-state index contributed by atoms with van der Waals surface area (Å²) >= 11 is 0. The number of nitrogens with one attached hydrogen (secondary N) is 2. The molecule has 2 N–H and O–H groups in total. The van der Waals surface area contributed by atoms with Crippen LogP contribution in [0.2, 0.25) is 0 Å². The lowest BCUT2D eigenvalue weighted by Crippen LogP contribution is -2.33. The monoisotopic (exact) mass is 431 g/mol. The minimum Gasteiger partial charge on any atom is -0.464 e. The molecular weight excluding hydrogens is 401 g/mol. The molecule has 0 amide bonds. The molecule has 0 aliphatic carbocycles. The molecule has 1 saturated heterocycles. The van der Waals surface area contributed by atoms with E-state index in [4.69, 9.17) is 18.5 Å². The van der Waals surface area contributed by atoms with Gasteiger partial charge in [0, 0.05) is 31.3 Å². The lowest BCUT2D eigenvalue weighted by atomic mass is 10.1. The molecule has 1 fully saturated rings. The third-order valence-corrected chi connectivity index (χ3v) is 5.76. The van der Waals surface area contributed by atoms with Gasteiger partial charge in [0.25, 0.3) is 14.1 Å². The Balaban J connectivity index is 1.83. The molecule has 0 saturated carbocycles. The van der Waals surface area contributed by atoms with E-state index in [1.54, 1.807) is 13.8 Å². The number of carbonyl (C=O) groups excluding carboxylic acids is 1. The van der Waals surface area contributed by atoms with Crippen molar-refractivity contribution in [3.63, 3.8) is 0 Å². The molecule has 1 aromatic heterocycles. The van der Waals surface area contributed by atoms with Crippen molar-refractivity contribution in [1.82, 2.24) is 14.6 Å². The number of rotatable bonds is 10. The minimum atomic E-state index is -1.39. The van der Waals surface area contributed by atoms with Gasteiger partial charge in [0.2, 0.25) is 0 Å². The molecule has 0 spiro atoms. The van der Waals surface area contributed by atoms with Gasteiger partial charge in [-0.1, -0.05) is 20.8 Å². The molecular formula is C18H30N3O7P. The highest BCUT2D eigenvalue weighted by molar-refractivity contribution is 7.44. The molecule has 10 nitrogen and oxygen atoms in total. The molecule has 164 valence electrons. The quantitative estimate of drug-likeness (QED) is 0.423. The third kappa shape index (κ3) is 7.01. The zero-order valence-electron chi connectivity index (χ0n) is 17.4. The fourth-order valence-corrected chi connectivity index (χ4v) is 3.90. The van der Waals surface area contributed by atoms with E-state index in [0.717, 1.165) is 0 Å². The first-order chi connectivity index (χ1) is 13.7. The van der Waals surface area contributed by atoms with Crippen molar-refractivity contribution < 1.29 is 23.3 Å². The molecule has 2 rings (SSSR count). The summed E-state index contributed by atoms with van der Waals surface area (Å²) in [5.41, 5.74) is -0.941. The van der Waals surface area contributed by atoms with Gasteiger partial charge in [-0.25, -0.2) is 9.88 Å². The smallest absolute Gasteiger partial charge is 0.330 e. The highest BCUT2D eigenvalue weighted by Crippen LogP contribution is 2.37. The van der Waals surface area contributed by atoms with Crippen LogP contribution in [0, 0.1) is 11.8 Å². The average Bonchev–Trinajstić information content (AvgIpc) is 3.03. The van der Waals surface area contributed by atoms with Gasteiger partial charge in [0.1, 0.15) is 12.8 Å². The van der Waals surface area contributed by atoms with Gasteiger partial charge < -0.3 is 18.5 Å². The van der Waals surface area contributed by atoms with Crippen molar-refractivity contribution in [2.24, 2.45) is 11.8 Å². The van der Waals surface area contributed by atoms with Crippen LogP contribution in [-0.2, 0) is 23.3 Å². The minimum absolute atomic E-state index is 0.0725. The SMILES string of the molecule is COP(NC(C)COC(=O)C(C)C)OCC1CC(C)C(n2ccc(=O)[nH]c2=O)O1. The maximum absolute atomic E-state index is 12.0. The van der Waals surface area contributed by atoms with E-state index in [9.17, 15) is 14.4 Å². The van der Waals surface area contributed by atoms with E-state index in [1.165, 1.54) is 23.9 Å². The van der Waals surface area contributed by atoms with Crippen LogP contribution in [0.5, 0.6) is 0 Å². The van der Waals surface area contributed by atoms with Crippen LogP contribution in [0.25, 0.3) is 0 Å². The standard InChI is InChI=1S/C18H30N3O7P/c1-11(2)17(23)26-9-13(4)20-29(25-5)27-10-14-8-12(3)16(28-14)21-7-6-15(22)19-18(21)24/h6-7,11-14,16,20H,8-10H2,1-5H3,(H,19,22,24). The Morgan fingerprint density at radius 3 is 2.76 bits per heavy atom. The highest BCUT2D eigenvalue weighted by atomic mass is 31.2. The zero-order chi connectivity index (χ0) is 21.6. The normalized spacial score (nSPS) is 23.9. The topological polar surface area (TPSA) is 121 Å². The molecule has 11 heteroatoms. The van der Waals surface area contributed by atoms with Crippen molar-refractivity contribution in [1.29, 1.82) is 0 Å². The maximum atomic E-state index is 12.0. The second-order valence-electron chi connectivity index (χ2n) is 7.43. The van der Waals surface area contributed by atoms with Gasteiger partial charge in [-0.15, -0.1) is 0 Å². The van der Waals surface area contributed by atoms with Crippen LogP contribution in [0.4, 0.5) is 0 Å². The van der Waals surface area contributed by atoms with Crippen LogP contribution in [0.1, 0.15) is 40.3 Å². The molecule has 0 radical (unpaired) electrons. The molecule has 2 heterocycles. The Hall–Kier alpha value is -1.58. The average molecular weight is 431 g/mol. The van der Waals surface area contributed by atoms with Crippen molar-refractivity contribution in [3.8, 4) is 0 Å². The zero-order valence-corrected chi connectivity index (χ0v) is 18.3. The van der Waals surface area contributed by atoms with Gasteiger partial charge in [0.05, 0.1) is 18.6 Å². The molecule has 5 unspecified atom stereocenters. The summed E-state index contributed by atoms with van der Waals surface area (Å²) in [6, 6.07) is 1.16. The van der Waals surface area contributed by atoms with E-state index in [1.807, 2.05) is 13.8 Å². The molecule has 0 bridgehead atoms. The Labute approximate surface area is 170 Å².